The molecule has 0 aliphatic carbocycles. The minimum absolute atomic E-state index is 0.136. The van der Waals surface area contributed by atoms with Gasteiger partial charge in [-0.1, -0.05) is 24.3 Å². The van der Waals surface area contributed by atoms with E-state index in [9.17, 15) is 4.79 Å². The van der Waals surface area contributed by atoms with Gasteiger partial charge >= 0.3 is 0 Å². The highest BCUT2D eigenvalue weighted by molar-refractivity contribution is 5.76. The number of ether oxygens (including phenoxy) is 2. The van der Waals surface area contributed by atoms with Crippen molar-refractivity contribution in [1.29, 1.82) is 0 Å². The summed E-state index contributed by atoms with van der Waals surface area (Å²) < 4.78 is 12.3. The van der Waals surface area contributed by atoms with Gasteiger partial charge in [0.2, 0.25) is 5.95 Å². The maximum Gasteiger partial charge on any atom is 0.263 e. The van der Waals surface area contributed by atoms with Gasteiger partial charge in [-0.25, -0.2) is 4.68 Å². The van der Waals surface area contributed by atoms with E-state index in [0.717, 1.165) is 11.3 Å². The maximum atomic E-state index is 12.5. The Labute approximate surface area is 167 Å². The number of hydrogen-bond donors (Lipinski definition) is 2. The fraction of sp³-hybridized carbons (Fsp3) is 0.190. The van der Waals surface area contributed by atoms with Crippen LogP contribution in [-0.4, -0.2) is 34.0 Å². The topological polar surface area (TPSA) is 94.1 Å². The van der Waals surface area contributed by atoms with E-state index in [0.29, 0.717) is 28.5 Å². The third-order valence-electron chi connectivity index (χ3n) is 4.70. The molecule has 0 spiro atoms. The number of rotatable bonds is 6. The Bertz CT molecular complexity index is 1200. The summed E-state index contributed by atoms with van der Waals surface area (Å²) in [4.78, 5) is 19.9. The Hall–Kier alpha value is -3.81. The molecule has 8 nitrogen and oxygen atoms in total. The minimum atomic E-state index is -0.251. The average molecular weight is 391 g/mol. The monoisotopic (exact) mass is 391 g/mol. The van der Waals surface area contributed by atoms with Crippen LogP contribution >= 0.6 is 0 Å². The molecular formula is C21H21N5O3. The molecular weight excluding hydrogens is 370 g/mol. The van der Waals surface area contributed by atoms with Gasteiger partial charge in [-0.2, -0.15) is 10.1 Å². The Morgan fingerprint density at radius 2 is 1.83 bits per heavy atom. The number of nitrogens with zero attached hydrogens (tertiary/aromatic N) is 3. The average Bonchev–Trinajstić information content (AvgIpc) is 3.18. The van der Waals surface area contributed by atoms with E-state index >= 15 is 0 Å². The SMILES string of the molecule is COc1ccc(C(C)Nc2nc3c(cnn3-c3ccccc3)c(=O)[nH]2)cc1OC. The summed E-state index contributed by atoms with van der Waals surface area (Å²) in [6, 6.07) is 15.1. The number of para-hydroxylation sites is 1. The van der Waals surface area contributed by atoms with Crippen LogP contribution in [0.3, 0.4) is 0 Å². The molecule has 148 valence electrons. The summed E-state index contributed by atoms with van der Waals surface area (Å²) in [5.41, 5.74) is 2.03. The molecule has 29 heavy (non-hydrogen) atoms. The van der Waals surface area contributed by atoms with Crippen LogP contribution in [0.1, 0.15) is 18.5 Å². The van der Waals surface area contributed by atoms with Crippen molar-refractivity contribution >= 4 is 17.0 Å². The predicted octanol–water partition coefficient (Wildman–Crippen LogP) is 3.30. The molecule has 0 amide bonds. The molecule has 4 rings (SSSR count). The lowest BCUT2D eigenvalue weighted by molar-refractivity contribution is 0.354. The summed E-state index contributed by atoms with van der Waals surface area (Å²) >= 11 is 0. The summed E-state index contributed by atoms with van der Waals surface area (Å²) in [7, 11) is 3.19. The number of nitrogens with one attached hydrogen (secondary N) is 2. The number of fused-ring (bicyclic) bond motifs is 1. The standard InChI is InChI=1S/C21H21N5O3/c1-13(14-9-10-17(28-2)18(11-14)29-3)23-21-24-19-16(20(27)25-21)12-22-26(19)15-7-5-4-6-8-15/h4-13H,1-3H3,(H2,23,24,25,27). The number of benzene rings is 2. The van der Waals surface area contributed by atoms with E-state index in [2.05, 4.69) is 20.4 Å². The number of hydrogen-bond acceptors (Lipinski definition) is 6. The van der Waals surface area contributed by atoms with Gasteiger partial charge < -0.3 is 14.8 Å². The zero-order valence-electron chi connectivity index (χ0n) is 16.3. The highest BCUT2D eigenvalue weighted by atomic mass is 16.5. The van der Waals surface area contributed by atoms with Crippen LogP contribution in [0.5, 0.6) is 11.5 Å². The lowest BCUT2D eigenvalue weighted by Crippen LogP contribution is -2.16. The van der Waals surface area contributed by atoms with Crippen molar-refractivity contribution in [2.75, 3.05) is 19.5 Å². The largest absolute Gasteiger partial charge is 0.493 e. The Balaban J connectivity index is 1.69. The number of methoxy groups -OCH3 is 2. The van der Waals surface area contributed by atoms with Crippen LogP contribution in [0.2, 0.25) is 0 Å². The first-order chi connectivity index (χ1) is 14.1. The van der Waals surface area contributed by atoms with Crippen LogP contribution < -0.4 is 20.3 Å². The fourth-order valence-electron chi connectivity index (χ4n) is 3.16. The summed E-state index contributed by atoms with van der Waals surface area (Å²) in [5.74, 6) is 1.66. The fourth-order valence-corrected chi connectivity index (χ4v) is 3.16. The summed E-state index contributed by atoms with van der Waals surface area (Å²) in [6.45, 7) is 1.97. The van der Waals surface area contributed by atoms with Gasteiger partial charge in [0.1, 0.15) is 5.39 Å². The first-order valence-electron chi connectivity index (χ1n) is 9.12. The third-order valence-corrected chi connectivity index (χ3v) is 4.70. The molecule has 8 heteroatoms. The maximum absolute atomic E-state index is 12.5. The zero-order valence-corrected chi connectivity index (χ0v) is 16.3. The molecule has 1 atom stereocenters. The highest BCUT2D eigenvalue weighted by Gasteiger charge is 2.14. The van der Waals surface area contributed by atoms with Crippen LogP contribution in [0.25, 0.3) is 16.7 Å². The molecule has 2 aromatic heterocycles. The van der Waals surface area contributed by atoms with E-state index in [4.69, 9.17) is 9.47 Å². The number of aromatic nitrogens is 4. The van der Waals surface area contributed by atoms with Crippen molar-refractivity contribution < 1.29 is 9.47 Å². The predicted molar refractivity (Wildman–Crippen MR) is 111 cm³/mol. The molecule has 0 bridgehead atoms. The van der Waals surface area contributed by atoms with Crippen LogP contribution in [0.4, 0.5) is 5.95 Å². The molecule has 0 fully saturated rings. The second-order valence-corrected chi connectivity index (χ2v) is 6.52. The van der Waals surface area contributed by atoms with Crippen molar-refractivity contribution in [3.05, 3.63) is 70.6 Å². The smallest absolute Gasteiger partial charge is 0.263 e. The van der Waals surface area contributed by atoms with Crippen LogP contribution in [0, 0.1) is 0 Å². The van der Waals surface area contributed by atoms with Crippen LogP contribution in [0.15, 0.2) is 59.5 Å². The van der Waals surface area contributed by atoms with E-state index in [1.54, 1.807) is 18.9 Å². The van der Waals surface area contributed by atoms with Crippen molar-refractivity contribution in [3.63, 3.8) is 0 Å². The molecule has 2 heterocycles. The molecule has 2 N–H and O–H groups in total. The molecule has 0 aliphatic heterocycles. The first-order valence-corrected chi connectivity index (χ1v) is 9.12. The molecule has 0 radical (unpaired) electrons. The highest BCUT2D eigenvalue weighted by Crippen LogP contribution is 2.30. The summed E-state index contributed by atoms with van der Waals surface area (Å²) in [6.07, 6.45) is 1.52. The van der Waals surface area contributed by atoms with Gasteiger partial charge in [-0.3, -0.25) is 9.78 Å². The van der Waals surface area contributed by atoms with Gasteiger partial charge in [0.25, 0.3) is 5.56 Å². The summed E-state index contributed by atoms with van der Waals surface area (Å²) in [5, 5.41) is 8.00. The normalized spacial score (nSPS) is 12.0. The molecule has 1 unspecified atom stereocenters. The van der Waals surface area contributed by atoms with Gasteiger partial charge in [-0.05, 0) is 36.8 Å². The second-order valence-electron chi connectivity index (χ2n) is 6.52. The third kappa shape index (κ3) is 3.52. The lowest BCUT2D eigenvalue weighted by Gasteiger charge is -2.17. The van der Waals surface area contributed by atoms with Crippen LogP contribution in [-0.2, 0) is 0 Å². The van der Waals surface area contributed by atoms with E-state index in [1.807, 2.05) is 55.5 Å². The Kier molecular flexibility index (Phi) is 4.90. The van der Waals surface area contributed by atoms with Crippen molar-refractivity contribution in [1.82, 2.24) is 19.7 Å². The van der Waals surface area contributed by atoms with Crippen molar-refractivity contribution in [2.45, 2.75) is 13.0 Å². The first kappa shape index (κ1) is 18.5. The van der Waals surface area contributed by atoms with E-state index in [-0.39, 0.29) is 11.6 Å². The molecule has 0 saturated carbocycles. The van der Waals surface area contributed by atoms with Crippen molar-refractivity contribution in [3.8, 4) is 17.2 Å². The zero-order chi connectivity index (χ0) is 20.4. The molecule has 0 saturated heterocycles. The van der Waals surface area contributed by atoms with Gasteiger partial charge in [-0.15, -0.1) is 0 Å². The number of anilines is 1. The van der Waals surface area contributed by atoms with E-state index in [1.165, 1.54) is 6.20 Å². The molecule has 0 aliphatic rings. The quantitative estimate of drug-likeness (QED) is 0.524. The minimum Gasteiger partial charge on any atom is -0.493 e. The second kappa shape index (κ2) is 7.67. The van der Waals surface area contributed by atoms with Gasteiger partial charge in [0.05, 0.1) is 32.1 Å². The lowest BCUT2D eigenvalue weighted by atomic mass is 10.1. The molecule has 4 aromatic rings. The van der Waals surface area contributed by atoms with Gasteiger partial charge in [0.15, 0.2) is 17.1 Å². The Morgan fingerprint density at radius 3 is 2.55 bits per heavy atom. The van der Waals surface area contributed by atoms with Crippen molar-refractivity contribution in [2.24, 2.45) is 0 Å². The number of aromatic amines is 1. The number of H-pyrrole nitrogens is 1. The van der Waals surface area contributed by atoms with Gasteiger partial charge in [0, 0.05) is 0 Å². The Morgan fingerprint density at radius 1 is 1.07 bits per heavy atom. The molecule has 2 aromatic carbocycles. The van der Waals surface area contributed by atoms with E-state index < -0.39 is 0 Å².